The lowest BCUT2D eigenvalue weighted by molar-refractivity contribution is -0.143. The van der Waals surface area contributed by atoms with Crippen LogP contribution in [0.2, 0.25) is 0 Å². The van der Waals surface area contributed by atoms with E-state index in [1.54, 1.807) is 13.8 Å². The normalized spacial score (nSPS) is 34.9. The fourth-order valence-corrected chi connectivity index (χ4v) is 0.803. The Kier molecular flexibility index (Phi) is 1.27. The summed E-state index contributed by atoms with van der Waals surface area (Å²) < 4.78 is 4.60. The second-order valence-corrected chi connectivity index (χ2v) is 2.20. The predicted molar refractivity (Wildman–Crippen MR) is 29.7 cm³/mol. The Morgan fingerprint density at radius 2 is 1.89 bits per heavy atom. The van der Waals surface area contributed by atoms with Crippen LogP contribution in [0.1, 0.15) is 13.8 Å². The minimum absolute atomic E-state index is 0.111. The van der Waals surface area contributed by atoms with Gasteiger partial charge in [0, 0.05) is 0 Å². The number of carbonyl (C=O) groups is 2. The molecule has 1 heterocycles. The lowest BCUT2D eigenvalue weighted by Crippen LogP contribution is -2.14. The minimum Gasteiger partial charge on any atom is -0.454 e. The standard InChI is InChI=1S/C6H8O3/c1-3-5(7)4(2)9-6(3)8/h3-4H,1-2H3/t3-,4-/m0/s1. The molecule has 0 N–H and O–H groups in total. The van der Waals surface area contributed by atoms with Crippen LogP contribution in [0.25, 0.3) is 0 Å². The molecule has 0 radical (unpaired) electrons. The predicted octanol–water partition coefficient (Wildman–Crippen LogP) is 0.137. The van der Waals surface area contributed by atoms with Gasteiger partial charge in [0.05, 0.1) is 0 Å². The number of cyclic esters (lactones) is 1. The summed E-state index contributed by atoms with van der Waals surface area (Å²) in [5.41, 5.74) is 0. The smallest absolute Gasteiger partial charge is 0.317 e. The maximum atomic E-state index is 10.8. The molecule has 0 spiro atoms. The molecule has 1 saturated heterocycles. The lowest BCUT2D eigenvalue weighted by atomic mass is 10.1. The van der Waals surface area contributed by atoms with Crippen LogP contribution in [-0.2, 0) is 14.3 Å². The van der Waals surface area contributed by atoms with Gasteiger partial charge in [0.25, 0.3) is 0 Å². The number of ether oxygens (including phenoxy) is 1. The first-order valence-electron chi connectivity index (χ1n) is 2.87. The van der Waals surface area contributed by atoms with Crippen molar-refractivity contribution in [1.82, 2.24) is 0 Å². The van der Waals surface area contributed by atoms with E-state index in [2.05, 4.69) is 4.74 Å². The molecule has 0 bridgehead atoms. The molecule has 1 rings (SSSR count). The summed E-state index contributed by atoms with van der Waals surface area (Å²) in [7, 11) is 0. The molecule has 0 aliphatic carbocycles. The average molecular weight is 128 g/mol. The van der Waals surface area contributed by atoms with Gasteiger partial charge >= 0.3 is 5.97 Å². The Hall–Kier alpha value is -0.860. The summed E-state index contributed by atoms with van der Waals surface area (Å²) in [6.45, 7) is 3.15. The third-order valence-electron chi connectivity index (χ3n) is 1.47. The van der Waals surface area contributed by atoms with Crippen molar-refractivity contribution in [2.24, 2.45) is 5.92 Å². The summed E-state index contributed by atoms with van der Waals surface area (Å²) in [5.74, 6) is -1.05. The van der Waals surface area contributed by atoms with Crippen LogP contribution < -0.4 is 0 Å². The number of hydrogen-bond donors (Lipinski definition) is 0. The van der Waals surface area contributed by atoms with Gasteiger partial charge in [-0.3, -0.25) is 9.59 Å². The van der Waals surface area contributed by atoms with Gasteiger partial charge in [-0.15, -0.1) is 0 Å². The molecule has 3 nitrogen and oxygen atoms in total. The van der Waals surface area contributed by atoms with Crippen LogP contribution in [0.3, 0.4) is 0 Å². The van der Waals surface area contributed by atoms with Crippen molar-refractivity contribution >= 4 is 11.8 Å². The van der Waals surface area contributed by atoms with E-state index in [0.29, 0.717) is 0 Å². The number of hydrogen-bond acceptors (Lipinski definition) is 3. The van der Waals surface area contributed by atoms with Gasteiger partial charge in [0.2, 0.25) is 0 Å². The number of rotatable bonds is 0. The van der Waals surface area contributed by atoms with E-state index in [0.717, 1.165) is 0 Å². The van der Waals surface area contributed by atoms with E-state index < -0.39 is 18.0 Å². The fraction of sp³-hybridized carbons (Fsp3) is 0.667. The zero-order valence-electron chi connectivity index (χ0n) is 5.38. The fourth-order valence-electron chi connectivity index (χ4n) is 0.803. The zero-order chi connectivity index (χ0) is 7.02. The van der Waals surface area contributed by atoms with Gasteiger partial charge in [-0.05, 0) is 13.8 Å². The SMILES string of the molecule is C[C@@H]1C(=O)O[C@@H](C)C1=O. The van der Waals surface area contributed by atoms with Crippen LogP contribution in [0, 0.1) is 5.92 Å². The van der Waals surface area contributed by atoms with E-state index in [1.807, 2.05) is 0 Å². The number of carbonyl (C=O) groups excluding carboxylic acids is 2. The second-order valence-electron chi connectivity index (χ2n) is 2.20. The molecular weight excluding hydrogens is 120 g/mol. The van der Waals surface area contributed by atoms with E-state index in [-0.39, 0.29) is 5.78 Å². The highest BCUT2D eigenvalue weighted by Gasteiger charge is 2.36. The molecule has 1 fully saturated rings. The van der Waals surface area contributed by atoms with Crippen molar-refractivity contribution in [3.8, 4) is 0 Å². The molecule has 1 aliphatic heterocycles. The molecule has 0 aromatic heterocycles. The highest BCUT2D eigenvalue weighted by Crippen LogP contribution is 2.15. The van der Waals surface area contributed by atoms with Crippen molar-refractivity contribution in [2.75, 3.05) is 0 Å². The number of Topliss-reactive ketones (excluding diaryl/α,β-unsaturated/α-hetero) is 1. The Morgan fingerprint density at radius 3 is 2.00 bits per heavy atom. The summed E-state index contributed by atoms with van der Waals surface area (Å²) in [5, 5.41) is 0. The summed E-state index contributed by atoms with van der Waals surface area (Å²) in [6.07, 6.45) is -0.521. The van der Waals surface area contributed by atoms with E-state index in [4.69, 9.17) is 0 Å². The second kappa shape index (κ2) is 1.83. The third kappa shape index (κ3) is 0.823. The highest BCUT2D eigenvalue weighted by atomic mass is 16.6. The molecule has 0 aromatic carbocycles. The molecule has 3 heteroatoms. The van der Waals surface area contributed by atoms with Crippen LogP contribution in [0.4, 0.5) is 0 Å². The van der Waals surface area contributed by atoms with Crippen molar-refractivity contribution < 1.29 is 14.3 Å². The molecule has 0 aromatic rings. The third-order valence-corrected chi connectivity index (χ3v) is 1.47. The Bertz CT molecular complexity index is 162. The van der Waals surface area contributed by atoms with Crippen molar-refractivity contribution in [3.63, 3.8) is 0 Å². The average Bonchev–Trinajstić information content (AvgIpc) is 1.98. The maximum Gasteiger partial charge on any atom is 0.317 e. The molecule has 2 atom stereocenters. The van der Waals surface area contributed by atoms with Crippen LogP contribution >= 0.6 is 0 Å². The van der Waals surface area contributed by atoms with Gasteiger partial charge in [-0.1, -0.05) is 0 Å². The first-order chi connectivity index (χ1) is 4.13. The van der Waals surface area contributed by atoms with Crippen molar-refractivity contribution in [3.05, 3.63) is 0 Å². The largest absolute Gasteiger partial charge is 0.454 e. The molecule has 50 valence electrons. The minimum atomic E-state index is -0.542. The Balaban J connectivity index is 2.77. The van der Waals surface area contributed by atoms with Crippen molar-refractivity contribution in [2.45, 2.75) is 20.0 Å². The van der Waals surface area contributed by atoms with Crippen LogP contribution in [-0.4, -0.2) is 17.9 Å². The molecular formula is C6H8O3. The zero-order valence-corrected chi connectivity index (χ0v) is 5.38. The molecule has 0 saturated carbocycles. The van der Waals surface area contributed by atoms with Crippen LogP contribution in [0.15, 0.2) is 0 Å². The van der Waals surface area contributed by atoms with E-state index in [1.165, 1.54) is 0 Å². The van der Waals surface area contributed by atoms with Gasteiger partial charge in [-0.2, -0.15) is 0 Å². The summed E-state index contributed by atoms with van der Waals surface area (Å²) in [4.78, 5) is 21.3. The molecule has 0 amide bonds. The number of ketones is 1. The number of esters is 1. The Labute approximate surface area is 53.0 Å². The van der Waals surface area contributed by atoms with Gasteiger partial charge < -0.3 is 4.74 Å². The van der Waals surface area contributed by atoms with E-state index >= 15 is 0 Å². The molecule has 1 aliphatic rings. The molecule has 0 unspecified atom stereocenters. The van der Waals surface area contributed by atoms with Gasteiger partial charge in [-0.25, -0.2) is 0 Å². The monoisotopic (exact) mass is 128 g/mol. The van der Waals surface area contributed by atoms with Gasteiger partial charge in [0.1, 0.15) is 5.92 Å². The summed E-state index contributed by atoms with van der Waals surface area (Å²) in [6, 6.07) is 0. The quantitative estimate of drug-likeness (QED) is 0.344. The maximum absolute atomic E-state index is 10.8. The Morgan fingerprint density at radius 1 is 1.33 bits per heavy atom. The van der Waals surface area contributed by atoms with Crippen molar-refractivity contribution in [1.29, 1.82) is 0 Å². The first-order valence-corrected chi connectivity index (χ1v) is 2.87. The van der Waals surface area contributed by atoms with Gasteiger partial charge in [0.15, 0.2) is 11.9 Å². The lowest BCUT2D eigenvalue weighted by Gasteiger charge is -1.94. The molecule has 9 heavy (non-hydrogen) atoms. The topological polar surface area (TPSA) is 43.4 Å². The summed E-state index contributed by atoms with van der Waals surface area (Å²) >= 11 is 0. The highest BCUT2D eigenvalue weighted by molar-refractivity contribution is 6.05. The first kappa shape index (κ1) is 6.26. The van der Waals surface area contributed by atoms with E-state index in [9.17, 15) is 9.59 Å². The van der Waals surface area contributed by atoms with Crippen LogP contribution in [0.5, 0.6) is 0 Å².